The number of hydrogen-bond acceptors (Lipinski definition) is 2. The third kappa shape index (κ3) is 2.32. The van der Waals surface area contributed by atoms with Crippen molar-refractivity contribution in [2.75, 3.05) is 26.2 Å². The van der Waals surface area contributed by atoms with E-state index in [4.69, 9.17) is 0 Å². The molecule has 3 rings (SSSR count). The van der Waals surface area contributed by atoms with Crippen LogP contribution in [0.5, 0.6) is 0 Å². The van der Waals surface area contributed by atoms with Gasteiger partial charge in [0.15, 0.2) is 0 Å². The second-order valence-corrected chi connectivity index (χ2v) is 5.80. The number of nitrogens with one attached hydrogen (secondary N) is 1. The SMILES string of the molecule is CCC(c1ccccc1)N1CCC2CNCC2C1. The van der Waals surface area contributed by atoms with Crippen molar-refractivity contribution in [2.24, 2.45) is 11.8 Å². The van der Waals surface area contributed by atoms with E-state index in [0.29, 0.717) is 6.04 Å². The standard InChI is InChI=1S/C16H24N2/c1-2-16(13-6-4-3-5-7-13)18-9-8-14-10-17-11-15(14)12-18/h3-7,14-17H,2,8-12H2,1H3. The van der Waals surface area contributed by atoms with Crippen LogP contribution in [0.2, 0.25) is 0 Å². The first-order valence-corrected chi connectivity index (χ1v) is 7.38. The molecular formula is C16H24N2. The molecule has 0 bridgehead atoms. The van der Waals surface area contributed by atoms with Crippen LogP contribution in [0, 0.1) is 11.8 Å². The number of benzene rings is 1. The van der Waals surface area contributed by atoms with Crippen molar-refractivity contribution in [1.29, 1.82) is 0 Å². The monoisotopic (exact) mass is 244 g/mol. The summed E-state index contributed by atoms with van der Waals surface area (Å²) >= 11 is 0. The summed E-state index contributed by atoms with van der Waals surface area (Å²) in [6, 6.07) is 11.6. The van der Waals surface area contributed by atoms with Gasteiger partial charge < -0.3 is 5.32 Å². The number of likely N-dealkylation sites (tertiary alicyclic amines) is 1. The molecular weight excluding hydrogens is 220 g/mol. The number of hydrogen-bond donors (Lipinski definition) is 1. The Morgan fingerprint density at radius 1 is 1.22 bits per heavy atom. The fraction of sp³-hybridized carbons (Fsp3) is 0.625. The van der Waals surface area contributed by atoms with Crippen molar-refractivity contribution < 1.29 is 0 Å². The highest BCUT2D eigenvalue weighted by atomic mass is 15.2. The lowest BCUT2D eigenvalue weighted by molar-refractivity contribution is 0.101. The van der Waals surface area contributed by atoms with Gasteiger partial charge >= 0.3 is 0 Å². The molecule has 0 spiro atoms. The average molecular weight is 244 g/mol. The predicted molar refractivity (Wildman–Crippen MR) is 75.5 cm³/mol. The molecule has 1 aromatic carbocycles. The maximum Gasteiger partial charge on any atom is 0.0345 e. The lowest BCUT2D eigenvalue weighted by Gasteiger charge is -2.39. The maximum atomic E-state index is 3.55. The Balaban J connectivity index is 1.72. The summed E-state index contributed by atoms with van der Waals surface area (Å²) in [7, 11) is 0. The Morgan fingerprint density at radius 3 is 2.78 bits per heavy atom. The summed E-state index contributed by atoms with van der Waals surface area (Å²) in [6.07, 6.45) is 2.59. The number of piperidine rings is 1. The number of rotatable bonds is 3. The Hall–Kier alpha value is -0.860. The molecule has 2 nitrogen and oxygen atoms in total. The minimum absolute atomic E-state index is 0.618. The molecule has 2 aliphatic heterocycles. The normalized spacial score (nSPS) is 30.1. The summed E-state index contributed by atoms with van der Waals surface area (Å²) in [6.45, 7) is 7.35. The van der Waals surface area contributed by atoms with Crippen molar-refractivity contribution in [1.82, 2.24) is 10.2 Å². The molecule has 2 heteroatoms. The van der Waals surface area contributed by atoms with Crippen molar-refractivity contribution >= 4 is 0 Å². The van der Waals surface area contributed by atoms with E-state index >= 15 is 0 Å². The predicted octanol–water partition coefficient (Wildman–Crippen LogP) is 2.68. The fourth-order valence-electron chi connectivity index (χ4n) is 3.73. The minimum Gasteiger partial charge on any atom is -0.316 e. The summed E-state index contributed by atoms with van der Waals surface area (Å²) in [5.41, 5.74) is 1.49. The third-order valence-electron chi connectivity index (χ3n) is 4.75. The van der Waals surface area contributed by atoms with Crippen LogP contribution in [0.15, 0.2) is 30.3 Å². The highest BCUT2D eigenvalue weighted by Gasteiger charge is 2.34. The molecule has 0 aliphatic carbocycles. The molecule has 0 amide bonds. The molecule has 0 radical (unpaired) electrons. The summed E-state index contributed by atoms with van der Waals surface area (Å²) in [4.78, 5) is 2.71. The molecule has 2 aliphatic rings. The van der Waals surface area contributed by atoms with Gasteiger partial charge in [-0.2, -0.15) is 0 Å². The molecule has 2 heterocycles. The van der Waals surface area contributed by atoms with Gasteiger partial charge in [0.1, 0.15) is 0 Å². The molecule has 98 valence electrons. The third-order valence-corrected chi connectivity index (χ3v) is 4.75. The number of fused-ring (bicyclic) bond motifs is 1. The van der Waals surface area contributed by atoms with Crippen LogP contribution >= 0.6 is 0 Å². The molecule has 1 N–H and O–H groups in total. The zero-order valence-electron chi connectivity index (χ0n) is 11.3. The van der Waals surface area contributed by atoms with Crippen LogP contribution < -0.4 is 5.32 Å². The smallest absolute Gasteiger partial charge is 0.0345 e. The minimum atomic E-state index is 0.618. The summed E-state index contributed by atoms with van der Waals surface area (Å²) in [5, 5.41) is 3.55. The van der Waals surface area contributed by atoms with E-state index in [0.717, 1.165) is 11.8 Å². The van der Waals surface area contributed by atoms with Gasteiger partial charge in [-0.15, -0.1) is 0 Å². The molecule has 0 aromatic heterocycles. The zero-order chi connectivity index (χ0) is 12.4. The Kier molecular flexibility index (Phi) is 3.67. The first kappa shape index (κ1) is 12.2. The van der Waals surface area contributed by atoms with Crippen molar-refractivity contribution in [3.05, 3.63) is 35.9 Å². The highest BCUT2D eigenvalue weighted by molar-refractivity contribution is 5.19. The van der Waals surface area contributed by atoms with E-state index in [1.54, 1.807) is 0 Å². The molecule has 1 aromatic rings. The average Bonchev–Trinajstić information content (AvgIpc) is 2.88. The quantitative estimate of drug-likeness (QED) is 0.879. The van der Waals surface area contributed by atoms with Gasteiger partial charge in [0.2, 0.25) is 0 Å². The lowest BCUT2D eigenvalue weighted by atomic mass is 9.87. The van der Waals surface area contributed by atoms with Gasteiger partial charge in [-0.3, -0.25) is 4.90 Å². The van der Waals surface area contributed by atoms with Crippen LogP contribution in [0.3, 0.4) is 0 Å². The van der Waals surface area contributed by atoms with Crippen molar-refractivity contribution in [3.63, 3.8) is 0 Å². The topological polar surface area (TPSA) is 15.3 Å². The molecule has 18 heavy (non-hydrogen) atoms. The van der Waals surface area contributed by atoms with E-state index in [1.165, 1.54) is 44.6 Å². The molecule has 2 saturated heterocycles. The van der Waals surface area contributed by atoms with Gasteiger partial charge in [-0.1, -0.05) is 37.3 Å². The van der Waals surface area contributed by atoms with E-state index in [9.17, 15) is 0 Å². The van der Waals surface area contributed by atoms with E-state index in [1.807, 2.05) is 0 Å². The number of nitrogens with zero attached hydrogens (tertiary/aromatic N) is 1. The molecule has 3 unspecified atom stereocenters. The van der Waals surface area contributed by atoms with Gasteiger partial charge in [-0.25, -0.2) is 0 Å². The Labute approximate surface area is 110 Å². The zero-order valence-corrected chi connectivity index (χ0v) is 11.3. The van der Waals surface area contributed by atoms with Crippen LogP contribution in [-0.2, 0) is 0 Å². The Bertz CT molecular complexity index is 376. The van der Waals surface area contributed by atoms with Gasteiger partial charge in [0.25, 0.3) is 0 Å². The maximum absolute atomic E-state index is 3.55. The van der Waals surface area contributed by atoms with Crippen molar-refractivity contribution in [3.8, 4) is 0 Å². The van der Waals surface area contributed by atoms with Crippen LogP contribution in [0.25, 0.3) is 0 Å². The largest absolute Gasteiger partial charge is 0.316 e. The van der Waals surface area contributed by atoms with Gasteiger partial charge in [0, 0.05) is 12.6 Å². The highest BCUT2D eigenvalue weighted by Crippen LogP contribution is 2.33. The second kappa shape index (κ2) is 5.41. The van der Waals surface area contributed by atoms with Gasteiger partial charge in [0.05, 0.1) is 0 Å². The van der Waals surface area contributed by atoms with Crippen LogP contribution in [-0.4, -0.2) is 31.1 Å². The summed E-state index contributed by atoms with van der Waals surface area (Å²) < 4.78 is 0. The first-order valence-electron chi connectivity index (χ1n) is 7.38. The van der Waals surface area contributed by atoms with Crippen molar-refractivity contribution in [2.45, 2.75) is 25.8 Å². The van der Waals surface area contributed by atoms with Gasteiger partial charge in [-0.05, 0) is 49.9 Å². The summed E-state index contributed by atoms with van der Waals surface area (Å²) in [5.74, 6) is 1.83. The Morgan fingerprint density at radius 2 is 2.00 bits per heavy atom. The van der Waals surface area contributed by atoms with Crippen LogP contribution in [0.1, 0.15) is 31.4 Å². The van der Waals surface area contributed by atoms with E-state index in [-0.39, 0.29) is 0 Å². The second-order valence-electron chi connectivity index (χ2n) is 5.80. The fourth-order valence-corrected chi connectivity index (χ4v) is 3.73. The molecule has 0 saturated carbocycles. The lowest BCUT2D eigenvalue weighted by Crippen LogP contribution is -2.41. The first-order chi connectivity index (χ1) is 8.88. The van der Waals surface area contributed by atoms with E-state index in [2.05, 4.69) is 47.5 Å². The van der Waals surface area contributed by atoms with Crippen LogP contribution in [0.4, 0.5) is 0 Å². The van der Waals surface area contributed by atoms with E-state index < -0.39 is 0 Å². The molecule has 3 atom stereocenters. The molecule has 2 fully saturated rings.